The SMILES string of the molecule is FC(F)Oc1cccc(CBr)c1Br. The first-order valence-corrected chi connectivity index (χ1v) is 5.34. The highest BCUT2D eigenvalue weighted by atomic mass is 79.9. The number of alkyl halides is 3. The third-order valence-electron chi connectivity index (χ3n) is 1.40. The maximum absolute atomic E-state index is 11.9. The summed E-state index contributed by atoms with van der Waals surface area (Å²) in [7, 11) is 0. The largest absolute Gasteiger partial charge is 0.434 e. The Kier molecular flexibility index (Phi) is 4.12. The molecule has 0 aliphatic carbocycles. The van der Waals surface area contributed by atoms with Crippen molar-refractivity contribution in [2.45, 2.75) is 11.9 Å². The first-order chi connectivity index (χ1) is 6.15. The van der Waals surface area contributed by atoms with Crippen molar-refractivity contribution < 1.29 is 13.5 Å². The molecule has 0 bridgehead atoms. The van der Waals surface area contributed by atoms with Crippen LogP contribution in [0.5, 0.6) is 5.75 Å². The predicted octanol–water partition coefficient (Wildman–Crippen LogP) is 3.95. The van der Waals surface area contributed by atoms with E-state index >= 15 is 0 Å². The molecule has 0 aliphatic heterocycles. The van der Waals surface area contributed by atoms with Crippen molar-refractivity contribution in [1.82, 2.24) is 0 Å². The van der Waals surface area contributed by atoms with Gasteiger partial charge in [0.25, 0.3) is 0 Å². The Labute approximate surface area is 91.3 Å². The number of hydrogen-bond acceptors (Lipinski definition) is 1. The van der Waals surface area contributed by atoms with Crippen molar-refractivity contribution in [1.29, 1.82) is 0 Å². The molecule has 5 heteroatoms. The smallest absolute Gasteiger partial charge is 0.387 e. The van der Waals surface area contributed by atoms with Gasteiger partial charge in [0, 0.05) is 5.33 Å². The summed E-state index contributed by atoms with van der Waals surface area (Å²) in [6.07, 6.45) is 0. The van der Waals surface area contributed by atoms with Crippen LogP contribution < -0.4 is 4.74 Å². The molecule has 0 heterocycles. The van der Waals surface area contributed by atoms with Crippen LogP contribution in [-0.4, -0.2) is 6.61 Å². The molecule has 0 saturated carbocycles. The average Bonchev–Trinajstić information content (AvgIpc) is 2.08. The van der Waals surface area contributed by atoms with Gasteiger partial charge in [-0.3, -0.25) is 0 Å². The summed E-state index contributed by atoms with van der Waals surface area (Å²) in [5, 5.41) is 0.591. The zero-order chi connectivity index (χ0) is 9.84. The van der Waals surface area contributed by atoms with Crippen molar-refractivity contribution in [3.05, 3.63) is 28.2 Å². The molecule has 1 nitrogen and oxygen atoms in total. The van der Waals surface area contributed by atoms with Gasteiger partial charge in [0.15, 0.2) is 0 Å². The van der Waals surface area contributed by atoms with Gasteiger partial charge < -0.3 is 4.74 Å². The first kappa shape index (κ1) is 10.9. The molecule has 1 aromatic carbocycles. The van der Waals surface area contributed by atoms with E-state index in [2.05, 4.69) is 36.6 Å². The standard InChI is InChI=1S/C8H6Br2F2O/c9-4-5-2-1-3-6(7(5)10)13-8(11)12/h1-3,8H,4H2. The molecule has 0 N–H and O–H groups in total. The van der Waals surface area contributed by atoms with E-state index in [0.29, 0.717) is 9.80 Å². The molecule has 0 aliphatic rings. The van der Waals surface area contributed by atoms with Crippen LogP contribution in [0, 0.1) is 0 Å². The minimum Gasteiger partial charge on any atom is -0.434 e. The van der Waals surface area contributed by atoms with Gasteiger partial charge in [0.05, 0.1) is 4.47 Å². The molecule has 0 spiro atoms. The minimum absolute atomic E-state index is 0.159. The maximum atomic E-state index is 11.9. The van der Waals surface area contributed by atoms with Gasteiger partial charge in [-0.1, -0.05) is 28.1 Å². The molecule has 0 radical (unpaired) electrons. The maximum Gasteiger partial charge on any atom is 0.387 e. The molecule has 0 atom stereocenters. The van der Waals surface area contributed by atoms with E-state index in [-0.39, 0.29) is 5.75 Å². The normalized spacial score (nSPS) is 10.5. The summed E-state index contributed by atoms with van der Waals surface area (Å²) < 4.78 is 28.6. The van der Waals surface area contributed by atoms with E-state index in [1.165, 1.54) is 6.07 Å². The average molecular weight is 316 g/mol. The minimum atomic E-state index is -2.79. The molecule has 1 rings (SSSR count). The van der Waals surface area contributed by atoms with Crippen LogP contribution in [0.2, 0.25) is 0 Å². The quantitative estimate of drug-likeness (QED) is 0.768. The van der Waals surface area contributed by atoms with Gasteiger partial charge in [-0.25, -0.2) is 0 Å². The van der Waals surface area contributed by atoms with Gasteiger partial charge in [-0.05, 0) is 27.6 Å². The highest BCUT2D eigenvalue weighted by Crippen LogP contribution is 2.30. The van der Waals surface area contributed by atoms with Crippen LogP contribution in [-0.2, 0) is 5.33 Å². The Balaban J connectivity index is 2.94. The molecular weight excluding hydrogens is 310 g/mol. The molecule has 72 valence electrons. The van der Waals surface area contributed by atoms with E-state index in [0.717, 1.165) is 5.56 Å². The monoisotopic (exact) mass is 314 g/mol. The zero-order valence-corrected chi connectivity index (χ0v) is 9.61. The lowest BCUT2D eigenvalue weighted by molar-refractivity contribution is -0.0503. The summed E-state index contributed by atoms with van der Waals surface area (Å²) in [6.45, 7) is -2.79. The van der Waals surface area contributed by atoms with Crippen LogP contribution in [0.25, 0.3) is 0 Å². The summed E-state index contributed by atoms with van der Waals surface area (Å²) in [5.41, 5.74) is 0.873. The van der Waals surface area contributed by atoms with E-state index in [9.17, 15) is 8.78 Å². The lowest BCUT2D eigenvalue weighted by Gasteiger charge is -2.08. The van der Waals surface area contributed by atoms with Crippen LogP contribution in [0.4, 0.5) is 8.78 Å². The molecule has 0 amide bonds. The highest BCUT2D eigenvalue weighted by molar-refractivity contribution is 9.11. The molecule has 13 heavy (non-hydrogen) atoms. The van der Waals surface area contributed by atoms with Crippen molar-refractivity contribution in [3.8, 4) is 5.75 Å². The van der Waals surface area contributed by atoms with E-state index in [1.807, 2.05) is 6.07 Å². The summed E-state index contributed by atoms with van der Waals surface area (Å²) >= 11 is 6.42. The Hall–Kier alpha value is -0.160. The van der Waals surface area contributed by atoms with E-state index in [1.54, 1.807) is 6.07 Å². The molecule has 0 fully saturated rings. The molecular formula is C8H6Br2F2O. The highest BCUT2D eigenvalue weighted by Gasteiger charge is 2.09. The first-order valence-electron chi connectivity index (χ1n) is 3.43. The van der Waals surface area contributed by atoms with Crippen LogP contribution in [0.15, 0.2) is 22.7 Å². The number of halogens is 4. The third kappa shape index (κ3) is 2.91. The Morgan fingerprint density at radius 3 is 2.62 bits per heavy atom. The van der Waals surface area contributed by atoms with Crippen LogP contribution in [0.1, 0.15) is 5.56 Å². The summed E-state index contributed by atoms with van der Waals surface area (Å²) in [4.78, 5) is 0. The topological polar surface area (TPSA) is 9.23 Å². The van der Waals surface area contributed by atoms with Crippen molar-refractivity contribution >= 4 is 31.9 Å². The number of benzene rings is 1. The predicted molar refractivity (Wildman–Crippen MR) is 53.4 cm³/mol. The second-order valence-corrected chi connectivity index (χ2v) is 3.60. The Morgan fingerprint density at radius 2 is 2.08 bits per heavy atom. The fraction of sp³-hybridized carbons (Fsp3) is 0.250. The number of hydrogen-bond donors (Lipinski definition) is 0. The second kappa shape index (κ2) is 4.91. The van der Waals surface area contributed by atoms with E-state index < -0.39 is 6.61 Å². The molecule has 0 unspecified atom stereocenters. The van der Waals surface area contributed by atoms with Gasteiger partial charge >= 0.3 is 6.61 Å². The van der Waals surface area contributed by atoms with Crippen LogP contribution >= 0.6 is 31.9 Å². The third-order valence-corrected chi connectivity index (χ3v) is 2.91. The lowest BCUT2D eigenvalue weighted by Crippen LogP contribution is -2.02. The van der Waals surface area contributed by atoms with Crippen LogP contribution in [0.3, 0.4) is 0 Å². The Morgan fingerprint density at radius 1 is 1.38 bits per heavy atom. The fourth-order valence-electron chi connectivity index (χ4n) is 0.846. The molecule has 0 aromatic heterocycles. The summed E-state index contributed by atoms with van der Waals surface area (Å²) in [6, 6.07) is 4.97. The van der Waals surface area contributed by atoms with Crippen molar-refractivity contribution in [2.24, 2.45) is 0 Å². The van der Waals surface area contributed by atoms with Crippen molar-refractivity contribution in [3.63, 3.8) is 0 Å². The lowest BCUT2D eigenvalue weighted by atomic mass is 10.2. The number of ether oxygens (including phenoxy) is 1. The number of rotatable bonds is 3. The van der Waals surface area contributed by atoms with Gasteiger partial charge in [-0.2, -0.15) is 8.78 Å². The molecule has 1 aromatic rings. The molecule has 0 saturated heterocycles. The summed E-state index contributed by atoms with van der Waals surface area (Å²) in [5.74, 6) is 0.159. The van der Waals surface area contributed by atoms with Gasteiger partial charge in [0.2, 0.25) is 0 Å². The van der Waals surface area contributed by atoms with Gasteiger partial charge in [-0.15, -0.1) is 0 Å². The van der Waals surface area contributed by atoms with Crippen molar-refractivity contribution in [2.75, 3.05) is 0 Å². The fourth-order valence-corrected chi connectivity index (χ4v) is 2.19. The van der Waals surface area contributed by atoms with Gasteiger partial charge in [0.1, 0.15) is 5.75 Å². The zero-order valence-electron chi connectivity index (χ0n) is 6.44. The second-order valence-electron chi connectivity index (χ2n) is 2.24. The Bertz CT molecular complexity index is 291. The van der Waals surface area contributed by atoms with E-state index in [4.69, 9.17) is 0 Å².